The average molecular weight is 412 g/mol. The summed E-state index contributed by atoms with van der Waals surface area (Å²) in [6.07, 6.45) is 4.41. The lowest BCUT2D eigenvalue weighted by Gasteiger charge is -2.44. The van der Waals surface area contributed by atoms with Crippen LogP contribution in [0, 0.1) is 12.8 Å². The summed E-state index contributed by atoms with van der Waals surface area (Å²) >= 11 is 0. The molecule has 0 bridgehead atoms. The third kappa shape index (κ3) is 3.78. The second kappa shape index (κ2) is 8.08. The van der Waals surface area contributed by atoms with E-state index in [1.807, 2.05) is 30.9 Å². The molecule has 4 rings (SSSR count). The van der Waals surface area contributed by atoms with Gasteiger partial charge in [0.05, 0.1) is 12.0 Å². The fourth-order valence-electron chi connectivity index (χ4n) is 4.08. The number of likely N-dealkylation sites (tertiary alicyclic amines) is 1. The average Bonchev–Trinajstić information content (AvgIpc) is 3.34. The van der Waals surface area contributed by atoms with E-state index in [0.717, 1.165) is 25.2 Å². The number of aryl methyl sites for hydroxylation is 1. The Morgan fingerprint density at radius 1 is 1.20 bits per heavy atom. The Labute approximate surface area is 176 Å². The van der Waals surface area contributed by atoms with E-state index in [4.69, 9.17) is 4.42 Å². The Morgan fingerprint density at radius 3 is 2.53 bits per heavy atom. The van der Waals surface area contributed by atoms with Crippen molar-refractivity contribution in [2.45, 2.75) is 39.2 Å². The van der Waals surface area contributed by atoms with Gasteiger partial charge in [-0.3, -0.25) is 14.6 Å². The zero-order chi connectivity index (χ0) is 21.4. The zero-order valence-corrected chi connectivity index (χ0v) is 18.0. The van der Waals surface area contributed by atoms with Crippen LogP contribution in [0.2, 0.25) is 0 Å². The van der Waals surface area contributed by atoms with Crippen molar-refractivity contribution < 1.29 is 14.0 Å². The van der Waals surface area contributed by atoms with Crippen LogP contribution >= 0.6 is 0 Å². The Kier molecular flexibility index (Phi) is 5.49. The fourth-order valence-corrected chi connectivity index (χ4v) is 4.08. The van der Waals surface area contributed by atoms with Crippen LogP contribution in [-0.2, 0) is 4.79 Å². The summed E-state index contributed by atoms with van der Waals surface area (Å²) in [6, 6.07) is 3.96. The predicted molar refractivity (Wildman–Crippen MR) is 112 cm³/mol. The number of pyridine rings is 1. The summed E-state index contributed by atoms with van der Waals surface area (Å²) in [5.74, 6) is 1.30. The van der Waals surface area contributed by atoms with E-state index in [0.29, 0.717) is 30.4 Å². The molecule has 2 aliphatic rings. The van der Waals surface area contributed by atoms with Gasteiger partial charge in [-0.1, -0.05) is 13.8 Å². The molecule has 1 atom stereocenters. The van der Waals surface area contributed by atoms with Crippen molar-refractivity contribution in [1.29, 1.82) is 0 Å². The standard InChI is InChI=1S/C22H29N5O3/c1-14(2)20-24-19(15(3)30-20)22(29)25(4)18-12-27(13-18)21(28)16-7-10-26(11-16)17-5-8-23-9-6-17/h5-6,8-9,14,16,18H,7,10-13H2,1-4H3. The Hall–Kier alpha value is -2.90. The zero-order valence-electron chi connectivity index (χ0n) is 18.0. The second-order valence-electron chi connectivity index (χ2n) is 8.56. The molecule has 2 aromatic heterocycles. The third-order valence-electron chi connectivity index (χ3n) is 6.12. The molecule has 1 unspecified atom stereocenters. The first-order valence-electron chi connectivity index (χ1n) is 10.5. The van der Waals surface area contributed by atoms with E-state index in [9.17, 15) is 9.59 Å². The SMILES string of the molecule is Cc1oc(C(C)C)nc1C(=O)N(C)C1CN(C(=O)C2CCN(c3ccncc3)C2)C1. The van der Waals surface area contributed by atoms with Gasteiger partial charge in [0.2, 0.25) is 5.91 Å². The van der Waals surface area contributed by atoms with Gasteiger partial charge in [0, 0.05) is 57.2 Å². The molecule has 2 aromatic rings. The number of oxazole rings is 1. The smallest absolute Gasteiger partial charge is 0.276 e. The van der Waals surface area contributed by atoms with Crippen molar-refractivity contribution in [2.75, 3.05) is 38.1 Å². The molecule has 2 aliphatic heterocycles. The monoisotopic (exact) mass is 411 g/mol. The normalized spacial score (nSPS) is 19.3. The van der Waals surface area contributed by atoms with Gasteiger partial charge in [-0.2, -0.15) is 0 Å². The van der Waals surface area contributed by atoms with Crippen LogP contribution < -0.4 is 4.90 Å². The van der Waals surface area contributed by atoms with Crippen LogP contribution in [0.5, 0.6) is 0 Å². The number of nitrogens with zero attached hydrogens (tertiary/aromatic N) is 5. The van der Waals surface area contributed by atoms with Crippen LogP contribution in [0.4, 0.5) is 5.69 Å². The molecule has 4 heterocycles. The van der Waals surface area contributed by atoms with Gasteiger partial charge in [-0.15, -0.1) is 0 Å². The van der Waals surface area contributed by atoms with Gasteiger partial charge < -0.3 is 19.1 Å². The molecule has 8 nitrogen and oxygen atoms in total. The lowest BCUT2D eigenvalue weighted by Crippen LogP contribution is -2.62. The summed E-state index contributed by atoms with van der Waals surface area (Å²) in [7, 11) is 1.78. The first kappa shape index (κ1) is 20.4. The molecule has 0 N–H and O–H groups in total. The molecule has 160 valence electrons. The van der Waals surface area contributed by atoms with Crippen molar-refractivity contribution in [3.05, 3.63) is 41.9 Å². The highest BCUT2D eigenvalue weighted by Gasteiger charge is 2.40. The molecular formula is C22H29N5O3. The topological polar surface area (TPSA) is 82.8 Å². The predicted octanol–water partition coefficient (Wildman–Crippen LogP) is 2.31. The number of carbonyl (C=O) groups is 2. The van der Waals surface area contributed by atoms with Crippen LogP contribution in [0.25, 0.3) is 0 Å². The summed E-state index contributed by atoms with van der Waals surface area (Å²) in [5, 5.41) is 0. The molecule has 30 heavy (non-hydrogen) atoms. The summed E-state index contributed by atoms with van der Waals surface area (Å²) in [6.45, 7) is 8.48. The van der Waals surface area contributed by atoms with Crippen LogP contribution in [0.1, 0.15) is 48.3 Å². The molecular weight excluding hydrogens is 382 g/mol. The maximum absolute atomic E-state index is 12.9. The minimum absolute atomic E-state index is 0.00603. The van der Waals surface area contributed by atoms with Gasteiger partial charge in [0.25, 0.3) is 5.91 Å². The first-order valence-corrected chi connectivity index (χ1v) is 10.5. The molecule has 2 amide bonds. The number of rotatable bonds is 5. The number of hydrogen-bond donors (Lipinski definition) is 0. The molecule has 2 saturated heterocycles. The molecule has 0 saturated carbocycles. The minimum atomic E-state index is -0.148. The summed E-state index contributed by atoms with van der Waals surface area (Å²) in [5.41, 5.74) is 1.48. The van der Waals surface area contributed by atoms with Crippen molar-refractivity contribution in [1.82, 2.24) is 19.8 Å². The van der Waals surface area contributed by atoms with E-state index in [-0.39, 0.29) is 29.7 Å². The highest BCUT2D eigenvalue weighted by atomic mass is 16.4. The van der Waals surface area contributed by atoms with Crippen LogP contribution in [-0.4, -0.2) is 70.9 Å². The maximum Gasteiger partial charge on any atom is 0.276 e. The summed E-state index contributed by atoms with van der Waals surface area (Å²) < 4.78 is 5.62. The number of aromatic nitrogens is 2. The minimum Gasteiger partial charge on any atom is -0.445 e. The lowest BCUT2D eigenvalue weighted by molar-refractivity contribution is -0.141. The van der Waals surface area contributed by atoms with Gasteiger partial charge in [0.1, 0.15) is 5.76 Å². The van der Waals surface area contributed by atoms with E-state index in [1.54, 1.807) is 31.3 Å². The van der Waals surface area contributed by atoms with Crippen molar-refractivity contribution in [3.63, 3.8) is 0 Å². The Balaban J connectivity index is 1.31. The van der Waals surface area contributed by atoms with Crippen molar-refractivity contribution in [3.8, 4) is 0 Å². The van der Waals surface area contributed by atoms with Gasteiger partial charge >= 0.3 is 0 Å². The molecule has 0 aliphatic carbocycles. The van der Waals surface area contributed by atoms with Crippen molar-refractivity contribution in [2.24, 2.45) is 5.92 Å². The quantitative estimate of drug-likeness (QED) is 0.751. The highest BCUT2D eigenvalue weighted by molar-refractivity contribution is 5.93. The van der Waals surface area contributed by atoms with E-state index < -0.39 is 0 Å². The first-order chi connectivity index (χ1) is 14.3. The second-order valence-corrected chi connectivity index (χ2v) is 8.56. The largest absolute Gasteiger partial charge is 0.445 e. The van der Waals surface area contributed by atoms with Crippen LogP contribution in [0.15, 0.2) is 28.9 Å². The Morgan fingerprint density at radius 2 is 1.90 bits per heavy atom. The molecule has 0 aromatic carbocycles. The van der Waals surface area contributed by atoms with Gasteiger partial charge in [0.15, 0.2) is 11.6 Å². The maximum atomic E-state index is 12.9. The number of amides is 2. The summed E-state index contributed by atoms with van der Waals surface area (Å²) in [4.78, 5) is 40.0. The molecule has 8 heteroatoms. The lowest BCUT2D eigenvalue weighted by atomic mass is 10.0. The van der Waals surface area contributed by atoms with Crippen molar-refractivity contribution >= 4 is 17.5 Å². The highest BCUT2D eigenvalue weighted by Crippen LogP contribution is 2.27. The third-order valence-corrected chi connectivity index (χ3v) is 6.12. The number of carbonyl (C=O) groups excluding carboxylic acids is 2. The van der Waals surface area contributed by atoms with Gasteiger partial charge in [-0.25, -0.2) is 4.98 Å². The van der Waals surface area contributed by atoms with Gasteiger partial charge in [-0.05, 0) is 25.5 Å². The van der Waals surface area contributed by atoms with E-state index in [1.165, 1.54) is 0 Å². The number of likely N-dealkylation sites (N-methyl/N-ethyl adjacent to an activating group) is 1. The molecule has 0 radical (unpaired) electrons. The van der Waals surface area contributed by atoms with E-state index in [2.05, 4.69) is 14.9 Å². The Bertz CT molecular complexity index is 920. The molecule has 0 spiro atoms. The number of hydrogen-bond acceptors (Lipinski definition) is 6. The van der Waals surface area contributed by atoms with E-state index >= 15 is 0 Å². The fraction of sp³-hybridized carbons (Fsp3) is 0.545. The molecule has 2 fully saturated rings. The number of anilines is 1. The van der Waals surface area contributed by atoms with Crippen LogP contribution in [0.3, 0.4) is 0 Å².